The van der Waals surface area contributed by atoms with Gasteiger partial charge in [0.05, 0.1) is 7.11 Å². The molecule has 2 rings (SSSR count). The summed E-state index contributed by atoms with van der Waals surface area (Å²) in [6.07, 6.45) is -0.301. The van der Waals surface area contributed by atoms with Gasteiger partial charge in [-0.05, 0) is 29.9 Å². The van der Waals surface area contributed by atoms with Crippen LogP contribution in [0, 0.1) is 5.92 Å². The highest BCUT2D eigenvalue weighted by atomic mass is 32.1. The van der Waals surface area contributed by atoms with Crippen LogP contribution in [-0.4, -0.2) is 30.3 Å². The van der Waals surface area contributed by atoms with Gasteiger partial charge in [-0.15, -0.1) is 0 Å². The lowest BCUT2D eigenvalue weighted by Gasteiger charge is -2.27. The molecule has 0 fully saturated rings. The third-order valence-corrected chi connectivity index (χ3v) is 4.97. The Morgan fingerprint density at radius 2 is 1.65 bits per heavy atom. The Balaban J connectivity index is 2.26. The normalized spacial score (nSPS) is 14.1. The number of rotatable bonds is 8. The van der Waals surface area contributed by atoms with E-state index in [2.05, 4.69) is 5.32 Å². The summed E-state index contributed by atoms with van der Waals surface area (Å²) >= 11 is 4.78. The van der Waals surface area contributed by atoms with Gasteiger partial charge in [-0.25, -0.2) is 9.59 Å². The van der Waals surface area contributed by atoms with E-state index < -0.39 is 18.1 Å². The molecule has 0 heterocycles. The summed E-state index contributed by atoms with van der Waals surface area (Å²) in [5, 5.41) is 11.2. The Bertz CT molecular complexity index is 708. The average molecular weight is 373 g/mol. The van der Waals surface area contributed by atoms with Crippen LogP contribution in [0.5, 0.6) is 0 Å². The van der Waals surface area contributed by atoms with Crippen LogP contribution in [0.3, 0.4) is 0 Å². The number of methoxy groups -OCH3 is 1. The second kappa shape index (κ2) is 9.87. The molecule has 2 aromatic carbocycles. The van der Waals surface area contributed by atoms with Gasteiger partial charge in [-0.1, -0.05) is 60.7 Å². The summed E-state index contributed by atoms with van der Waals surface area (Å²) in [7, 11) is 1.25. The van der Waals surface area contributed by atoms with Crippen LogP contribution in [0.4, 0.5) is 4.79 Å². The van der Waals surface area contributed by atoms with Crippen molar-refractivity contribution in [2.45, 2.75) is 24.1 Å². The molecule has 1 amide bonds. The lowest BCUT2D eigenvalue weighted by molar-refractivity contribution is -0.143. The molecule has 0 aliphatic carbocycles. The zero-order valence-electron chi connectivity index (χ0n) is 14.5. The first-order valence-corrected chi connectivity index (χ1v) is 8.87. The molecule has 0 aliphatic rings. The maximum atomic E-state index is 12.0. The van der Waals surface area contributed by atoms with Crippen LogP contribution in [0.1, 0.15) is 22.8 Å². The molecular weight excluding hydrogens is 350 g/mol. The fraction of sp³-hybridized carbons (Fsp3) is 0.300. The molecule has 0 spiro atoms. The van der Waals surface area contributed by atoms with E-state index in [1.807, 2.05) is 60.7 Å². The van der Waals surface area contributed by atoms with E-state index in [0.29, 0.717) is 6.42 Å². The third kappa shape index (κ3) is 5.81. The topological polar surface area (TPSA) is 75.6 Å². The Kier molecular flexibility index (Phi) is 7.53. The number of carbonyl (C=O) groups excluding carboxylic acids is 1. The molecule has 0 saturated carbocycles. The van der Waals surface area contributed by atoms with Crippen molar-refractivity contribution in [1.29, 1.82) is 0 Å². The molecule has 2 aromatic rings. The number of amides is 1. The Hall–Kier alpha value is -2.47. The molecule has 138 valence electrons. The minimum atomic E-state index is -1.26. The van der Waals surface area contributed by atoms with Gasteiger partial charge in [-0.2, -0.15) is 12.6 Å². The molecule has 3 atom stereocenters. The maximum Gasteiger partial charge on any atom is 0.405 e. The van der Waals surface area contributed by atoms with Crippen LogP contribution < -0.4 is 5.32 Å². The number of carbonyl (C=O) groups is 2. The number of esters is 1. The summed E-state index contributed by atoms with van der Waals surface area (Å²) in [6.45, 7) is 0. The van der Waals surface area contributed by atoms with Crippen molar-refractivity contribution in [3.63, 3.8) is 0 Å². The van der Waals surface area contributed by atoms with Crippen LogP contribution in [-0.2, 0) is 16.0 Å². The number of benzene rings is 2. The first kappa shape index (κ1) is 19.8. The zero-order chi connectivity index (χ0) is 18.9. The summed E-state index contributed by atoms with van der Waals surface area (Å²) < 4.78 is 4.76. The lowest BCUT2D eigenvalue weighted by Crippen LogP contribution is -2.42. The van der Waals surface area contributed by atoms with Gasteiger partial charge < -0.3 is 15.2 Å². The van der Waals surface area contributed by atoms with E-state index in [1.54, 1.807) is 0 Å². The van der Waals surface area contributed by atoms with Gasteiger partial charge in [0.25, 0.3) is 0 Å². The molecule has 0 saturated heterocycles. The smallest absolute Gasteiger partial charge is 0.405 e. The van der Waals surface area contributed by atoms with Crippen LogP contribution in [0.15, 0.2) is 60.7 Å². The second-order valence-corrected chi connectivity index (χ2v) is 6.62. The molecule has 0 bridgehead atoms. The van der Waals surface area contributed by atoms with Gasteiger partial charge in [0.1, 0.15) is 6.04 Å². The summed E-state index contributed by atoms with van der Waals surface area (Å²) in [4.78, 5) is 23.1. The minimum Gasteiger partial charge on any atom is -0.467 e. The third-order valence-electron chi connectivity index (χ3n) is 4.25. The van der Waals surface area contributed by atoms with Crippen molar-refractivity contribution in [3.05, 3.63) is 71.8 Å². The molecule has 0 aromatic heterocycles. The monoisotopic (exact) mass is 373 g/mol. The van der Waals surface area contributed by atoms with Crippen LogP contribution >= 0.6 is 12.6 Å². The number of carboxylic acid groups (broad SMARTS) is 1. The predicted molar refractivity (Wildman–Crippen MR) is 103 cm³/mol. The molecule has 2 unspecified atom stereocenters. The predicted octanol–water partition coefficient (Wildman–Crippen LogP) is 3.72. The van der Waals surface area contributed by atoms with Crippen molar-refractivity contribution in [2.75, 3.05) is 7.11 Å². The number of nitrogens with one attached hydrogen (secondary N) is 1. The van der Waals surface area contributed by atoms with E-state index in [9.17, 15) is 9.59 Å². The van der Waals surface area contributed by atoms with Crippen molar-refractivity contribution >= 4 is 24.7 Å². The number of hydrogen-bond donors (Lipinski definition) is 3. The van der Waals surface area contributed by atoms with Crippen LogP contribution in [0.2, 0.25) is 0 Å². The lowest BCUT2D eigenvalue weighted by atomic mass is 9.86. The quantitative estimate of drug-likeness (QED) is 0.487. The van der Waals surface area contributed by atoms with Crippen molar-refractivity contribution < 1.29 is 19.4 Å². The maximum absolute atomic E-state index is 12.0. The first-order valence-electron chi connectivity index (χ1n) is 8.35. The Labute approximate surface area is 158 Å². The summed E-state index contributed by atoms with van der Waals surface area (Å²) in [5.74, 6) is -0.668. The van der Waals surface area contributed by atoms with E-state index in [0.717, 1.165) is 11.1 Å². The van der Waals surface area contributed by atoms with Gasteiger partial charge in [0, 0.05) is 5.25 Å². The Morgan fingerprint density at radius 3 is 2.19 bits per heavy atom. The fourth-order valence-corrected chi connectivity index (χ4v) is 3.37. The van der Waals surface area contributed by atoms with Crippen molar-refractivity contribution in [1.82, 2.24) is 5.32 Å². The van der Waals surface area contributed by atoms with E-state index in [-0.39, 0.29) is 17.6 Å². The van der Waals surface area contributed by atoms with Crippen molar-refractivity contribution in [2.24, 2.45) is 5.92 Å². The second-order valence-electron chi connectivity index (χ2n) is 6.07. The number of hydrogen-bond acceptors (Lipinski definition) is 4. The van der Waals surface area contributed by atoms with Gasteiger partial charge in [0.15, 0.2) is 0 Å². The molecule has 26 heavy (non-hydrogen) atoms. The molecule has 0 aliphatic heterocycles. The Morgan fingerprint density at radius 1 is 1.08 bits per heavy atom. The summed E-state index contributed by atoms with van der Waals surface area (Å²) in [6, 6.07) is 18.7. The average Bonchev–Trinajstić information content (AvgIpc) is 2.66. The zero-order valence-corrected chi connectivity index (χ0v) is 15.4. The van der Waals surface area contributed by atoms with E-state index >= 15 is 0 Å². The minimum absolute atomic E-state index is 0.0703. The van der Waals surface area contributed by atoms with Gasteiger partial charge in [0.2, 0.25) is 0 Å². The number of thiol groups is 1. The fourth-order valence-electron chi connectivity index (χ4n) is 2.97. The largest absolute Gasteiger partial charge is 0.467 e. The standard InChI is InChI=1S/C20H23NO4S/c1-25-19(22)17(21-20(23)24)13-16(12-14-8-4-2-5-9-14)18(26)15-10-6-3-7-11-15/h2-11,16-18,21,26H,12-13H2,1H3,(H,23,24)/t16-,17?,18?/m1/s1. The first-order chi connectivity index (χ1) is 12.5. The van der Waals surface area contributed by atoms with Crippen LogP contribution in [0.25, 0.3) is 0 Å². The highest BCUT2D eigenvalue weighted by Crippen LogP contribution is 2.34. The molecule has 2 N–H and O–H groups in total. The number of ether oxygens (including phenoxy) is 1. The van der Waals surface area contributed by atoms with E-state index in [4.69, 9.17) is 22.5 Å². The van der Waals surface area contributed by atoms with Crippen molar-refractivity contribution in [3.8, 4) is 0 Å². The SMILES string of the molecule is COC(=O)C(C[C@@H](Cc1ccccc1)C(S)c1ccccc1)NC(=O)O. The van der Waals surface area contributed by atoms with E-state index in [1.165, 1.54) is 7.11 Å². The molecule has 6 heteroatoms. The molecular formula is C20H23NO4S. The van der Waals surface area contributed by atoms with Gasteiger partial charge in [-0.3, -0.25) is 0 Å². The highest BCUT2D eigenvalue weighted by molar-refractivity contribution is 7.80. The summed E-state index contributed by atoms with van der Waals surface area (Å²) in [5.41, 5.74) is 2.13. The molecule has 0 radical (unpaired) electrons. The highest BCUT2D eigenvalue weighted by Gasteiger charge is 2.29. The van der Waals surface area contributed by atoms with Gasteiger partial charge >= 0.3 is 12.1 Å². The molecule has 5 nitrogen and oxygen atoms in total.